The van der Waals surface area contributed by atoms with Gasteiger partial charge in [-0.3, -0.25) is 9.59 Å². The van der Waals surface area contributed by atoms with Gasteiger partial charge in [0.15, 0.2) is 6.10 Å². The SMILES string of the molecule is CCC(Oc1ccc(=O)n(-c2ccc(F)cc2)n1)C(=O)Nc1cc(Cl)c(OC)cc1OC. The number of halogens is 2. The third-order valence-corrected chi connectivity index (χ3v) is 4.80. The summed E-state index contributed by atoms with van der Waals surface area (Å²) in [7, 11) is 2.92. The lowest BCUT2D eigenvalue weighted by Gasteiger charge is -2.19. The number of hydrogen-bond donors (Lipinski definition) is 1. The molecule has 0 aliphatic heterocycles. The number of benzene rings is 2. The Hall–Kier alpha value is -3.59. The van der Waals surface area contributed by atoms with E-state index in [1.165, 1.54) is 56.7 Å². The standard InChI is InChI=1S/C22H21ClFN3O5/c1-4-17(22(29)25-16-11-15(23)18(30-2)12-19(16)31-3)32-20-9-10-21(28)27(26-20)14-7-5-13(24)6-8-14/h5-12,17H,4H2,1-3H3,(H,25,29). The molecule has 1 unspecified atom stereocenters. The van der Waals surface area contributed by atoms with Crippen LogP contribution in [0.4, 0.5) is 10.1 Å². The number of rotatable bonds is 8. The van der Waals surface area contributed by atoms with Gasteiger partial charge in [-0.1, -0.05) is 18.5 Å². The van der Waals surface area contributed by atoms with E-state index in [1.54, 1.807) is 13.0 Å². The Morgan fingerprint density at radius 2 is 1.81 bits per heavy atom. The number of nitrogens with zero attached hydrogens (tertiary/aromatic N) is 2. The van der Waals surface area contributed by atoms with Crippen LogP contribution in [0, 0.1) is 5.82 Å². The Balaban J connectivity index is 1.82. The van der Waals surface area contributed by atoms with E-state index in [2.05, 4.69) is 10.4 Å². The molecule has 0 aliphatic rings. The van der Waals surface area contributed by atoms with Gasteiger partial charge in [0.2, 0.25) is 5.88 Å². The zero-order valence-corrected chi connectivity index (χ0v) is 18.4. The first-order chi connectivity index (χ1) is 15.4. The van der Waals surface area contributed by atoms with Crippen molar-refractivity contribution in [2.24, 2.45) is 0 Å². The largest absolute Gasteiger partial charge is 0.495 e. The zero-order chi connectivity index (χ0) is 23.3. The predicted molar refractivity (Wildman–Crippen MR) is 118 cm³/mol. The third kappa shape index (κ3) is 5.17. The van der Waals surface area contributed by atoms with Crippen LogP contribution in [0.15, 0.2) is 53.3 Å². The molecule has 0 fully saturated rings. The normalized spacial score (nSPS) is 11.5. The van der Waals surface area contributed by atoms with Gasteiger partial charge in [0, 0.05) is 18.2 Å². The second-order valence-electron chi connectivity index (χ2n) is 6.59. The molecule has 3 aromatic rings. The molecule has 2 aromatic carbocycles. The van der Waals surface area contributed by atoms with E-state index in [1.807, 2.05) is 0 Å². The molecule has 10 heteroatoms. The number of hydrogen-bond acceptors (Lipinski definition) is 6. The highest BCUT2D eigenvalue weighted by Gasteiger charge is 2.22. The summed E-state index contributed by atoms with van der Waals surface area (Å²) in [5.41, 5.74) is 0.269. The highest BCUT2D eigenvalue weighted by Crippen LogP contribution is 2.36. The second kappa shape index (κ2) is 10.1. The summed E-state index contributed by atoms with van der Waals surface area (Å²) in [5.74, 6) is -0.0931. The minimum absolute atomic E-state index is 0.0515. The van der Waals surface area contributed by atoms with Crippen LogP contribution in [0.1, 0.15) is 13.3 Å². The average Bonchev–Trinajstić information content (AvgIpc) is 2.79. The minimum atomic E-state index is -0.924. The lowest BCUT2D eigenvalue weighted by molar-refractivity contribution is -0.123. The summed E-state index contributed by atoms with van der Waals surface area (Å²) in [6.07, 6.45) is -0.609. The van der Waals surface area contributed by atoms with Crippen molar-refractivity contribution in [3.05, 3.63) is 69.7 Å². The van der Waals surface area contributed by atoms with Crippen LogP contribution in [-0.2, 0) is 4.79 Å². The van der Waals surface area contributed by atoms with Crippen LogP contribution in [0.5, 0.6) is 17.4 Å². The lowest BCUT2D eigenvalue weighted by atomic mass is 10.2. The topological polar surface area (TPSA) is 91.7 Å². The van der Waals surface area contributed by atoms with Crippen molar-refractivity contribution in [1.82, 2.24) is 9.78 Å². The van der Waals surface area contributed by atoms with Crippen molar-refractivity contribution >= 4 is 23.2 Å². The molecule has 0 saturated carbocycles. The van der Waals surface area contributed by atoms with Gasteiger partial charge in [-0.05, 0) is 36.8 Å². The van der Waals surface area contributed by atoms with Crippen LogP contribution in [0.2, 0.25) is 5.02 Å². The summed E-state index contributed by atoms with van der Waals surface area (Å²) in [4.78, 5) is 25.0. The molecule has 1 amide bonds. The van der Waals surface area contributed by atoms with Crippen molar-refractivity contribution in [3.63, 3.8) is 0 Å². The number of ether oxygens (including phenoxy) is 3. The first kappa shape index (κ1) is 23.1. The fourth-order valence-electron chi connectivity index (χ4n) is 2.86. The van der Waals surface area contributed by atoms with Gasteiger partial charge in [-0.2, -0.15) is 4.68 Å². The van der Waals surface area contributed by atoms with Crippen molar-refractivity contribution in [2.45, 2.75) is 19.4 Å². The minimum Gasteiger partial charge on any atom is -0.495 e. The first-order valence-electron chi connectivity index (χ1n) is 9.61. The van der Waals surface area contributed by atoms with Gasteiger partial charge in [-0.15, -0.1) is 5.10 Å². The summed E-state index contributed by atoms with van der Waals surface area (Å²) in [6, 6.07) is 10.9. The molecule has 0 radical (unpaired) electrons. The molecule has 0 spiro atoms. The molecule has 3 rings (SSSR count). The molecule has 32 heavy (non-hydrogen) atoms. The van der Waals surface area contributed by atoms with E-state index >= 15 is 0 Å². The summed E-state index contributed by atoms with van der Waals surface area (Å²) in [6.45, 7) is 1.76. The number of anilines is 1. The monoisotopic (exact) mass is 461 g/mol. The number of carbonyl (C=O) groups is 1. The second-order valence-corrected chi connectivity index (χ2v) is 7.00. The average molecular weight is 462 g/mol. The number of carbonyl (C=O) groups excluding carboxylic acids is 1. The van der Waals surface area contributed by atoms with E-state index in [0.717, 1.165) is 4.68 Å². The van der Waals surface area contributed by atoms with Crippen LogP contribution in [-0.4, -0.2) is 36.0 Å². The fraction of sp³-hybridized carbons (Fsp3) is 0.227. The molecule has 1 atom stereocenters. The van der Waals surface area contributed by atoms with E-state index in [-0.39, 0.29) is 5.88 Å². The zero-order valence-electron chi connectivity index (χ0n) is 17.6. The summed E-state index contributed by atoms with van der Waals surface area (Å²) in [5, 5.41) is 7.16. The first-order valence-corrected chi connectivity index (χ1v) is 9.99. The highest BCUT2D eigenvalue weighted by atomic mass is 35.5. The van der Waals surface area contributed by atoms with Gasteiger partial charge >= 0.3 is 0 Å². The quantitative estimate of drug-likeness (QED) is 0.548. The Morgan fingerprint density at radius 1 is 1.12 bits per heavy atom. The molecule has 0 aliphatic carbocycles. The Bertz CT molecular complexity index is 1170. The molecular weight excluding hydrogens is 441 g/mol. The number of nitrogens with one attached hydrogen (secondary N) is 1. The van der Waals surface area contributed by atoms with Crippen molar-refractivity contribution in [3.8, 4) is 23.1 Å². The molecule has 168 valence electrons. The van der Waals surface area contributed by atoms with Crippen LogP contribution < -0.4 is 25.1 Å². The molecule has 8 nitrogen and oxygen atoms in total. The maximum Gasteiger partial charge on any atom is 0.271 e. The highest BCUT2D eigenvalue weighted by molar-refractivity contribution is 6.32. The molecular formula is C22H21ClFN3O5. The molecule has 1 N–H and O–H groups in total. The molecule has 1 heterocycles. The third-order valence-electron chi connectivity index (χ3n) is 4.51. The fourth-order valence-corrected chi connectivity index (χ4v) is 3.10. The Kier molecular flexibility index (Phi) is 7.32. The molecule has 0 bridgehead atoms. The predicted octanol–water partition coefficient (Wildman–Crippen LogP) is 3.84. The van der Waals surface area contributed by atoms with Crippen molar-refractivity contribution in [2.75, 3.05) is 19.5 Å². The van der Waals surface area contributed by atoms with Crippen LogP contribution >= 0.6 is 11.6 Å². The van der Waals surface area contributed by atoms with Crippen molar-refractivity contribution < 1.29 is 23.4 Å². The number of aromatic nitrogens is 2. The van der Waals surface area contributed by atoms with Crippen molar-refractivity contribution in [1.29, 1.82) is 0 Å². The van der Waals surface area contributed by atoms with E-state index in [9.17, 15) is 14.0 Å². The molecule has 1 aromatic heterocycles. The van der Waals surface area contributed by atoms with E-state index in [0.29, 0.717) is 34.3 Å². The smallest absolute Gasteiger partial charge is 0.271 e. The summed E-state index contributed by atoms with van der Waals surface area (Å²) >= 11 is 6.16. The maximum absolute atomic E-state index is 13.2. The maximum atomic E-state index is 13.2. The van der Waals surface area contributed by atoms with Gasteiger partial charge in [-0.25, -0.2) is 4.39 Å². The van der Waals surface area contributed by atoms with Gasteiger partial charge in [0.1, 0.15) is 17.3 Å². The Morgan fingerprint density at radius 3 is 2.44 bits per heavy atom. The number of amides is 1. The Labute approximate surface area is 188 Å². The van der Waals surface area contributed by atoms with Crippen LogP contribution in [0.25, 0.3) is 5.69 Å². The summed E-state index contributed by atoms with van der Waals surface area (Å²) < 4.78 is 30.4. The van der Waals surface area contributed by atoms with Crippen LogP contribution in [0.3, 0.4) is 0 Å². The van der Waals surface area contributed by atoms with Gasteiger partial charge in [0.05, 0.1) is 30.6 Å². The molecule has 0 saturated heterocycles. The van der Waals surface area contributed by atoms with E-state index < -0.39 is 23.4 Å². The number of methoxy groups -OCH3 is 2. The van der Waals surface area contributed by atoms with E-state index in [4.69, 9.17) is 25.8 Å². The van der Waals surface area contributed by atoms with Gasteiger partial charge < -0.3 is 19.5 Å². The van der Waals surface area contributed by atoms with Gasteiger partial charge in [0.25, 0.3) is 11.5 Å². The lowest BCUT2D eigenvalue weighted by Crippen LogP contribution is -2.33.